The third kappa shape index (κ3) is 25.2. The van der Waals surface area contributed by atoms with Gasteiger partial charge in [-0.3, -0.25) is 4.79 Å². The van der Waals surface area contributed by atoms with Gasteiger partial charge in [-0.25, -0.2) is 0 Å². The van der Waals surface area contributed by atoms with Crippen molar-refractivity contribution >= 4 is 5.97 Å². The lowest BCUT2D eigenvalue weighted by Gasteiger charge is -2.03. The first kappa shape index (κ1) is 27.1. The normalized spacial score (nSPS) is 11.9. The summed E-state index contributed by atoms with van der Waals surface area (Å²) in [5.74, 6) is -0.745. The van der Waals surface area contributed by atoms with E-state index in [9.17, 15) is 4.79 Å². The number of hydrogen-bond acceptors (Lipinski definition) is 2. The summed E-state index contributed by atoms with van der Waals surface area (Å²) in [7, 11) is 0. The van der Waals surface area contributed by atoms with Crippen LogP contribution >= 0.6 is 0 Å². The van der Waals surface area contributed by atoms with E-state index in [-0.39, 0.29) is 13.0 Å². The molecular formula is C23H44O3. The quantitative estimate of drug-likeness (QED) is 0.240. The van der Waals surface area contributed by atoms with Crippen LogP contribution in [0.25, 0.3) is 0 Å². The van der Waals surface area contributed by atoms with E-state index in [0.717, 1.165) is 6.42 Å². The molecule has 3 heteroatoms. The Labute approximate surface area is 162 Å². The van der Waals surface area contributed by atoms with Gasteiger partial charge >= 0.3 is 5.97 Å². The minimum Gasteiger partial charge on any atom is -0.481 e. The third-order valence-electron chi connectivity index (χ3n) is 4.43. The van der Waals surface area contributed by atoms with Gasteiger partial charge in [0.1, 0.15) is 0 Å². The van der Waals surface area contributed by atoms with E-state index in [0.29, 0.717) is 0 Å². The van der Waals surface area contributed by atoms with Gasteiger partial charge in [0.15, 0.2) is 0 Å². The van der Waals surface area contributed by atoms with Crippen molar-refractivity contribution < 1.29 is 15.0 Å². The lowest BCUT2D eigenvalue weighted by Crippen LogP contribution is -1.86. The van der Waals surface area contributed by atoms with Crippen molar-refractivity contribution in [2.75, 3.05) is 6.61 Å². The van der Waals surface area contributed by atoms with Gasteiger partial charge in [0.05, 0.1) is 6.61 Å². The molecule has 0 aliphatic rings. The molecule has 3 nitrogen and oxygen atoms in total. The molecule has 0 aromatic heterocycles. The predicted octanol–water partition coefficient (Wildman–Crippen LogP) is 7.05. The van der Waals surface area contributed by atoms with Crippen molar-refractivity contribution in [3.05, 3.63) is 23.3 Å². The van der Waals surface area contributed by atoms with E-state index in [1.165, 1.54) is 81.8 Å². The summed E-state index contributed by atoms with van der Waals surface area (Å²) in [6, 6.07) is 0. The van der Waals surface area contributed by atoms with E-state index in [1.807, 2.05) is 6.08 Å². The maximum atomic E-state index is 9.37. The molecule has 0 atom stereocenters. The summed E-state index contributed by atoms with van der Waals surface area (Å²) in [5.41, 5.74) is 2.85. The molecule has 0 saturated carbocycles. The zero-order chi connectivity index (χ0) is 20.0. The molecule has 26 heavy (non-hydrogen) atoms. The highest BCUT2D eigenvalue weighted by atomic mass is 16.4. The van der Waals surface area contributed by atoms with Crippen molar-refractivity contribution in [1.82, 2.24) is 0 Å². The Morgan fingerprint density at radius 3 is 1.69 bits per heavy atom. The van der Waals surface area contributed by atoms with Crippen LogP contribution in [-0.2, 0) is 4.79 Å². The van der Waals surface area contributed by atoms with Crippen LogP contribution in [0, 0.1) is 0 Å². The van der Waals surface area contributed by atoms with Gasteiger partial charge < -0.3 is 10.2 Å². The first-order valence-electron chi connectivity index (χ1n) is 10.6. The second-order valence-electron chi connectivity index (χ2n) is 7.15. The number of carboxylic acids is 1. The van der Waals surface area contributed by atoms with Crippen LogP contribution < -0.4 is 0 Å². The Balaban J connectivity index is 0. The Morgan fingerprint density at radius 2 is 1.23 bits per heavy atom. The maximum Gasteiger partial charge on any atom is 0.303 e. The predicted molar refractivity (Wildman–Crippen MR) is 114 cm³/mol. The number of hydrogen-bond donors (Lipinski definition) is 2. The van der Waals surface area contributed by atoms with Gasteiger partial charge in [-0.15, -0.1) is 0 Å². The van der Waals surface area contributed by atoms with Gasteiger partial charge in [0, 0.05) is 6.42 Å². The van der Waals surface area contributed by atoms with Crippen LogP contribution in [0.4, 0.5) is 0 Å². The highest BCUT2D eigenvalue weighted by Gasteiger charge is 1.94. The van der Waals surface area contributed by atoms with Gasteiger partial charge in [-0.2, -0.15) is 0 Å². The molecule has 0 spiro atoms. The van der Waals surface area contributed by atoms with Crippen LogP contribution in [-0.4, -0.2) is 22.8 Å². The number of carboxylic acid groups (broad SMARTS) is 1. The lowest BCUT2D eigenvalue weighted by atomic mass is 10.0. The molecule has 0 bridgehead atoms. The fraction of sp³-hybridized carbons (Fsp3) is 0.783. The molecule has 0 aliphatic carbocycles. The summed E-state index contributed by atoms with van der Waals surface area (Å²) in [4.78, 5) is 9.37. The molecule has 0 aliphatic heterocycles. The van der Waals surface area contributed by atoms with E-state index in [1.54, 1.807) is 6.92 Å². The average Bonchev–Trinajstić information content (AvgIpc) is 2.61. The molecule has 0 aromatic rings. The highest BCUT2D eigenvalue weighted by molar-refractivity contribution is 5.66. The SMILES string of the molecule is CCC(=O)O.CCCCCCCCCCC=C(C)CCCC(C)=CCO. The van der Waals surface area contributed by atoms with Crippen LogP contribution in [0.5, 0.6) is 0 Å². The minimum absolute atomic E-state index is 0.180. The summed E-state index contributed by atoms with van der Waals surface area (Å²) >= 11 is 0. The summed E-state index contributed by atoms with van der Waals surface area (Å²) in [5, 5.41) is 16.5. The van der Waals surface area contributed by atoms with E-state index in [4.69, 9.17) is 10.2 Å². The van der Waals surface area contributed by atoms with Crippen LogP contribution in [0.3, 0.4) is 0 Å². The highest BCUT2D eigenvalue weighted by Crippen LogP contribution is 2.14. The molecular weight excluding hydrogens is 324 g/mol. The molecule has 154 valence electrons. The molecule has 0 rings (SSSR count). The zero-order valence-corrected chi connectivity index (χ0v) is 17.9. The number of aliphatic carboxylic acids is 1. The van der Waals surface area contributed by atoms with E-state index in [2.05, 4.69) is 26.8 Å². The number of carbonyl (C=O) groups is 1. The van der Waals surface area contributed by atoms with Crippen molar-refractivity contribution in [2.24, 2.45) is 0 Å². The minimum atomic E-state index is -0.745. The van der Waals surface area contributed by atoms with Gasteiger partial charge in [-0.05, 0) is 46.0 Å². The van der Waals surface area contributed by atoms with Crippen molar-refractivity contribution in [1.29, 1.82) is 0 Å². The molecule has 0 amide bonds. The number of allylic oxidation sites excluding steroid dienone is 3. The first-order valence-corrected chi connectivity index (χ1v) is 10.6. The molecule has 2 N–H and O–H groups in total. The fourth-order valence-corrected chi connectivity index (χ4v) is 2.63. The van der Waals surface area contributed by atoms with E-state index >= 15 is 0 Å². The van der Waals surface area contributed by atoms with Crippen molar-refractivity contribution in [3.63, 3.8) is 0 Å². The Hall–Kier alpha value is -1.09. The monoisotopic (exact) mass is 368 g/mol. The molecule has 0 radical (unpaired) electrons. The third-order valence-corrected chi connectivity index (χ3v) is 4.43. The molecule has 0 fully saturated rings. The molecule has 0 unspecified atom stereocenters. The number of unbranched alkanes of at least 4 members (excludes halogenated alkanes) is 8. The summed E-state index contributed by atoms with van der Waals surface area (Å²) in [6.07, 6.45) is 20.6. The number of rotatable bonds is 15. The topological polar surface area (TPSA) is 57.5 Å². The van der Waals surface area contributed by atoms with E-state index < -0.39 is 5.97 Å². The van der Waals surface area contributed by atoms with Gasteiger partial charge in [-0.1, -0.05) is 82.1 Å². The Morgan fingerprint density at radius 1 is 0.769 bits per heavy atom. The largest absolute Gasteiger partial charge is 0.481 e. The van der Waals surface area contributed by atoms with Crippen LogP contribution in [0.2, 0.25) is 0 Å². The number of aliphatic hydroxyl groups excluding tert-OH is 1. The molecule has 0 saturated heterocycles. The summed E-state index contributed by atoms with van der Waals surface area (Å²) < 4.78 is 0. The van der Waals surface area contributed by atoms with Crippen LogP contribution in [0.15, 0.2) is 23.3 Å². The standard InChI is InChI=1S/C20H38O.C3H6O2/c1-4-5-6-7-8-9-10-11-12-14-19(2)15-13-16-20(3)17-18-21;1-2-3(4)5/h14,17,21H,4-13,15-16,18H2,1-3H3;2H2,1H3,(H,4,5). The van der Waals surface area contributed by atoms with Crippen molar-refractivity contribution in [2.45, 2.75) is 111 Å². The van der Waals surface area contributed by atoms with Gasteiger partial charge in [0.25, 0.3) is 0 Å². The summed E-state index contributed by atoms with van der Waals surface area (Å²) in [6.45, 7) is 8.42. The fourth-order valence-electron chi connectivity index (χ4n) is 2.63. The van der Waals surface area contributed by atoms with Crippen LogP contribution in [0.1, 0.15) is 111 Å². The second-order valence-corrected chi connectivity index (χ2v) is 7.15. The Bertz CT molecular complexity index is 370. The molecule has 0 aromatic carbocycles. The van der Waals surface area contributed by atoms with Crippen molar-refractivity contribution in [3.8, 4) is 0 Å². The average molecular weight is 369 g/mol. The maximum absolute atomic E-state index is 9.37. The van der Waals surface area contributed by atoms with Gasteiger partial charge in [0.2, 0.25) is 0 Å². The first-order chi connectivity index (χ1) is 12.5. The Kier molecular flexibility index (Phi) is 22.9. The molecule has 0 heterocycles. The number of aliphatic hydroxyl groups is 1. The second kappa shape index (κ2) is 22.0. The zero-order valence-electron chi connectivity index (χ0n) is 17.9. The lowest BCUT2D eigenvalue weighted by molar-refractivity contribution is -0.136. The smallest absolute Gasteiger partial charge is 0.303 e.